The van der Waals surface area contributed by atoms with Crippen molar-refractivity contribution < 1.29 is 14.3 Å². The van der Waals surface area contributed by atoms with Crippen LogP contribution in [0.5, 0.6) is 5.75 Å². The van der Waals surface area contributed by atoms with E-state index in [1.54, 1.807) is 66.7 Å². The summed E-state index contributed by atoms with van der Waals surface area (Å²) in [4.78, 5) is 24.3. The Morgan fingerprint density at radius 3 is 2.28 bits per heavy atom. The molecule has 0 aromatic heterocycles. The lowest BCUT2D eigenvalue weighted by Gasteiger charge is -2.12. The molecule has 0 aliphatic rings. The predicted molar refractivity (Wildman–Crippen MR) is 132 cm³/mol. The van der Waals surface area contributed by atoms with Crippen LogP contribution in [0.15, 0.2) is 66.7 Å². The second-order valence-corrected chi connectivity index (χ2v) is 8.00. The molecule has 2 amide bonds. The molecule has 0 aliphatic heterocycles. The second kappa shape index (κ2) is 10.9. The minimum atomic E-state index is -0.402. The van der Waals surface area contributed by atoms with E-state index >= 15 is 0 Å². The van der Waals surface area contributed by atoms with Gasteiger partial charge in [-0.15, -0.1) is 0 Å². The van der Waals surface area contributed by atoms with Crippen LogP contribution in [0.3, 0.4) is 0 Å². The molecule has 0 heterocycles. The van der Waals surface area contributed by atoms with Gasteiger partial charge in [-0.05, 0) is 85.4 Å². The summed E-state index contributed by atoms with van der Waals surface area (Å²) in [5.41, 5.74) is 2.56. The number of aryl methyl sites for hydroxylation is 1. The van der Waals surface area contributed by atoms with E-state index in [2.05, 4.69) is 16.0 Å². The van der Waals surface area contributed by atoms with Crippen LogP contribution in [-0.4, -0.2) is 23.5 Å². The highest BCUT2D eigenvalue weighted by atomic mass is 35.5. The fourth-order valence-corrected chi connectivity index (χ4v) is 3.19. The molecule has 164 valence electrons. The normalized spacial score (nSPS) is 10.2. The van der Waals surface area contributed by atoms with Gasteiger partial charge in [0.05, 0.1) is 0 Å². The van der Waals surface area contributed by atoms with Gasteiger partial charge in [0.15, 0.2) is 11.7 Å². The Hall–Kier alpha value is -3.13. The SMILES string of the molecule is Cc1cc(OCC(=O)NC(=S)Nc2ccc(NC(=O)c3cccc(Cl)c3)cc2)ccc1Cl. The van der Waals surface area contributed by atoms with Gasteiger partial charge in [-0.2, -0.15) is 0 Å². The van der Waals surface area contributed by atoms with Gasteiger partial charge in [0, 0.05) is 27.0 Å². The zero-order valence-electron chi connectivity index (χ0n) is 16.9. The van der Waals surface area contributed by atoms with E-state index in [4.69, 9.17) is 40.2 Å². The lowest BCUT2D eigenvalue weighted by molar-refractivity contribution is -0.121. The van der Waals surface area contributed by atoms with Crippen molar-refractivity contribution in [3.63, 3.8) is 0 Å². The van der Waals surface area contributed by atoms with Gasteiger partial charge in [-0.3, -0.25) is 14.9 Å². The van der Waals surface area contributed by atoms with Gasteiger partial charge >= 0.3 is 0 Å². The van der Waals surface area contributed by atoms with Gasteiger partial charge in [0.2, 0.25) is 0 Å². The smallest absolute Gasteiger partial charge is 0.264 e. The first-order valence-electron chi connectivity index (χ1n) is 9.47. The molecule has 3 rings (SSSR count). The van der Waals surface area contributed by atoms with Crippen LogP contribution in [0.4, 0.5) is 11.4 Å². The number of amides is 2. The summed E-state index contributed by atoms with van der Waals surface area (Å²) in [7, 11) is 0. The summed E-state index contributed by atoms with van der Waals surface area (Å²) < 4.78 is 5.44. The fraction of sp³-hybridized carbons (Fsp3) is 0.0870. The number of rotatable bonds is 6. The highest BCUT2D eigenvalue weighted by molar-refractivity contribution is 7.80. The summed E-state index contributed by atoms with van der Waals surface area (Å²) in [5.74, 6) is -0.135. The Kier molecular flexibility index (Phi) is 8.05. The highest BCUT2D eigenvalue weighted by Crippen LogP contribution is 2.21. The number of nitrogens with one attached hydrogen (secondary N) is 3. The van der Waals surface area contributed by atoms with E-state index in [0.29, 0.717) is 32.7 Å². The monoisotopic (exact) mass is 487 g/mol. The Morgan fingerprint density at radius 2 is 1.62 bits per heavy atom. The van der Waals surface area contributed by atoms with Crippen LogP contribution in [0.25, 0.3) is 0 Å². The fourth-order valence-electron chi connectivity index (χ4n) is 2.65. The molecule has 0 aliphatic carbocycles. The molecule has 32 heavy (non-hydrogen) atoms. The quantitative estimate of drug-likeness (QED) is 0.403. The summed E-state index contributed by atoms with van der Waals surface area (Å²) in [6, 6.07) is 18.7. The predicted octanol–water partition coefficient (Wildman–Crippen LogP) is 5.45. The molecule has 3 aromatic carbocycles. The van der Waals surface area contributed by atoms with Crippen molar-refractivity contribution in [1.82, 2.24) is 5.32 Å². The number of carbonyl (C=O) groups is 2. The van der Waals surface area contributed by atoms with Crippen LogP contribution in [-0.2, 0) is 4.79 Å². The van der Waals surface area contributed by atoms with E-state index in [1.807, 2.05) is 6.92 Å². The first kappa shape index (κ1) is 23.5. The third-order valence-corrected chi connectivity index (χ3v) is 5.10. The lowest BCUT2D eigenvalue weighted by Crippen LogP contribution is -2.37. The summed E-state index contributed by atoms with van der Waals surface area (Å²) >= 11 is 17.1. The molecule has 9 heteroatoms. The Balaban J connectivity index is 1.47. The average Bonchev–Trinajstić information content (AvgIpc) is 2.76. The van der Waals surface area contributed by atoms with Gasteiger partial charge in [0.1, 0.15) is 5.75 Å². The van der Waals surface area contributed by atoms with Crippen LogP contribution in [0.1, 0.15) is 15.9 Å². The molecule has 0 saturated carbocycles. The van der Waals surface area contributed by atoms with E-state index < -0.39 is 5.91 Å². The zero-order valence-corrected chi connectivity index (χ0v) is 19.3. The standard InChI is InChI=1S/C23H19Cl2N3O3S/c1-14-11-19(9-10-20(14)25)31-13-21(29)28-23(32)27-18-7-5-17(6-8-18)26-22(30)15-3-2-4-16(24)12-15/h2-12H,13H2,1H3,(H,26,30)(H2,27,28,29,32). The first-order chi connectivity index (χ1) is 15.3. The zero-order chi connectivity index (χ0) is 23.1. The minimum Gasteiger partial charge on any atom is -0.484 e. The number of benzene rings is 3. The summed E-state index contributed by atoms with van der Waals surface area (Å²) in [6.07, 6.45) is 0. The van der Waals surface area contributed by atoms with Gasteiger partial charge < -0.3 is 15.4 Å². The number of carbonyl (C=O) groups excluding carboxylic acids is 2. The maximum absolute atomic E-state index is 12.3. The summed E-state index contributed by atoms with van der Waals surface area (Å²) in [6.45, 7) is 1.65. The molecule has 6 nitrogen and oxygen atoms in total. The third kappa shape index (κ3) is 6.95. The first-order valence-corrected chi connectivity index (χ1v) is 10.6. The van der Waals surface area contributed by atoms with Crippen molar-refractivity contribution in [2.45, 2.75) is 6.92 Å². The average molecular weight is 488 g/mol. The molecule has 3 N–H and O–H groups in total. The third-order valence-electron chi connectivity index (χ3n) is 4.24. The largest absolute Gasteiger partial charge is 0.484 e. The van der Waals surface area contributed by atoms with Crippen LogP contribution in [0.2, 0.25) is 10.0 Å². The van der Waals surface area contributed by atoms with Gasteiger partial charge in [-0.25, -0.2) is 0 Å². The van der Waals surface area contributed by atoms with Crippen LogP contribution < -0.4 is 20.7 Å². The Morgan fingerprint density at radius 1 is 0.938 bits per heavy atom. The molecule has 0 fully saturated rings. The molecule has 3 aromatic rings. The highest BCUT2D eigenvalue weighted by Gasteiger charge is 2.09. The van der Waals surface area contributed by atoms with E-state index in [-0.39, 0.29) is 17.6 Å². The molecule has 0 radical (unpaired) electrons. The Labute approximate surface area is 200 Å². The van der Waals surface area contributed by atoms with Crippen molar-refractivity contribution in [2.24, 2.45) is 0 Å². The van der Waals surface area contributed by atoms with Crippen molar-refractivity contribution in [3.8, 4) is 5.75 Å². The van der Waals surface area contributed by atoms with Crippen molar-refractivity contribution in [3.05, 3.63) is 87.9 Å². The van der Waals surface area contributed by atoms with E-state index in [0.717, 1.165) is 5.56 Å². The maximum atomic E-state index is 12.3. The van der Waals surface area contributed by atoms with Gasteiger partial charge in [0.25, 0.3) is 11.8 Å². The number of anilines is 2. The molecule has 0 bridgehead atoms. The number of thiocarbonyl (C=S) groups is 1. The number of halogens is 2. The number of ether oxygens (including phenoxy) is 1. The molecule has 0 spiro atoms. The van der Waals surface area contributed by atoms with E-state index in [9.17, 15) is 9.59 Å². The maximum Gasteiger partial charge on any atom is 0.264 e. The number of hydrogen-bond donors (Lipinski definition) is 3. The van der Waals surface area contributed by atoms with Gasteiger partial charge in [-0.1, -0.05) is 29.3 Å². The molecule has 0 saturated heterocycles. The Bertz CT molecular complexity index is 1150. The van der Waals surface area contributed by atoms with Crippen LogP contribution in [0, 0.1) is 6.92 Å². The van der Waals surface area contributed by atoms with Crippen molar-refractivity contribution in [2.75, 3.05) is 17.2 Å². The molecular formula is C23H19Cl2N3O3S. The minimum absolute atomic E-state index is 0.126. The molecule has 0 atom stereocenters. The van der Waals surface area contributed by atoms with E-state index in [1.165, 1.54) is 0 Å². The van der Waals surface area contributed by atoms with Crippen LogP contribution >= 0.6 is 35.4 Å². The van der Waals surface area contributed by atoms with Crippen molar-refractivity contribution in [1.29, 1.82) is 0 Å². The molecular weight excluding hydrogens is 469 g/mol. The van der Waals surface area contributed by atoms with Crippen molar-refractivity contribution >= 4 is 63.7 Å². The topological polar surface area (TPSA) is 79.5 Å². The molecule has 0 unspecified atom stereocenters. The second-order valence-electron chi connectivity index (χ2n) is 6.74. The summed E-state index contributed by atoms with van der Waals surface area (Å²) in [5, 5.41) is 9.48. The number of hydrogen-bond acceptors (Lipinski definition) is 4. The lowest BCUT2D eigenvalue weighted by atomic mass is 10.2.